The van der Waals surface area contributed by atoms with Gasteiger partial charge in [0, 0.05) is 6.07 Å². The summed E-state index contributed by atoms with van der Waals surface area (Å²) in [5.74, 6) is -2.99. The van der Waals surface area contributed by atoms with Crippen molar-refractivity contribution >= 4 is 23.4 Å². The SMILES string of the molecule is CCOC(=O)C(=O)c1cc(Cl)c(OC)cc1F. The maximum Gasteiger partial charge on any atom is 0.379 e. The summed E-state index contributed by atoms with van der Waals surface area (Å²) in [6.07, 6.45) is 0. The number of benzene rings is 1. The first-order valence-electron chi connectivity index (χ1n) is 4.75. The first-order chi connectivity index (χ1) is 8.01. The van der Waals surface area contributed by atoms with Crippen LogP contribution >= 0.6 is 11.6 Å². The van der Waals surface area contributed by atoms with E-state index in [9.17, 15) is 14.0 Å². The molecule has 6 heteroatoms. The zero-order chi connectivity index (χ0) is 13.0. The maximum atomic E-state index is 13.5. The van der Waals surface area contributed by atoms with Crippen LogP contribution in [0, 0.1) is 5.82 Å². The van der Waals surface area contributed by atoms with E-state index < -0.39 is 23.1 Å². The van der Waals surface area contributed by atoms with Gasteiger partial charge < -0.3 is 9.47 Å². The summed E-state index contributed by atoms with van der Waals surface area (Å²) in [7, 11) is 1.31. The van der Waals surface area contributed by atoms with E-state index in [4.69, 9.17) is 16.3 Å². The van der Waals surface area contributed by atoms with Gasteiger partial charge in [-0.2, -0.15) is 0 Å². The molecule has 0 bridgehead atoms. The normalized spacial score (nSPS) is 9.88. The zero-order valence-corrected chi connectivity index (χ0v) is 10.0. The van der Waals surface area contributed by atoms with Crippen LogP contribution in [0.2, 0.25) is 5.02 Å². The quantitative estimate of drug-likeness (QED) is 0.473. The van der Waals surface area contributed by atoms with Crippen LogP contribution in [0.4, 0.5) is 4.39 Å². The fraction of sp³-hybridized carbons (Fsp3) is 0.273. The Balaban J connectivity index is 3.11. The molecule has 0 amide bonds. The van der Waals surface area contributed by atoms with Crippen molar-refractivity contribution in [2.24, 2.45) is 0 Å². The largest absolute Gasteiger partial charge is 0.495 e. The zero-order valence-electron chi connectivity index (χ0n) is 9.25. The first kappa shape index (κ1) is 13.4. The van der Waals surface area contributed by atoms with E-state index in [-0.39, 0.29) is 17.4 Å². The molecule has 0 aromatic heterocycles. The molecule has 1 aromatic carbocycles. The van der Waals surface area contributed by atoms with E-state index in [1.807, 2.05) is 0 Å². The van der Waals surface area contributed by atoms with E-state index >= 15 is 0 Å². The van der Waals surface area contributed by atoms with Crippen LogP contribution in [0.3, 0.4) is 0 Å². The highest BCUT2D eigenvalue weighted by Gasteiger charge is 2.23. The van der Waals surface area contributed by atoms with Gasteiger partial charge in [0.05, 0.1) is 24.3 Å². The molecule has 0 saturated heterocycles. The standard InChI is InChI=1S/C11H10ClFO4/c1-3-17-11(15)10(14)6-4-7(12)9(16-2)5-8(6)13/h4-5H,3H2,1-2H3. The van der Waals surface area contributed by atoms with Crippen LogP contribution in [0.5, 0.6) is 5.75 Å². The number of hydrogen-bond donors (Lipinski definition) is 0. The molecule has 0 N–H and O–H groups in total. The van der Waals surface area contributed by atoms with Gasteiger partial charge in [-0.15, -0.1) is 0 Å². The Bertz CT molecular complexity index is 459. The van der Waals surface area contributed by atoms with Gasteiger partial charge in [-0.3, -0.25) is 4.79 Å². The lowest BCUT2D eigenvalue weighted by atomic mass is 10.1. The number of ether oxygens (including phenoxy) is 2. The van der Waals surface area contributed by atoms with Gasteiger partial charge in [0.25, 0.3) is 5.78 Å². The van der Waals surface area contributed by atoms with Gasteiger partial charge in [0.2, 0.25) is 0 Å². The van der Waals surface area contributed by atoms with Gasteiger partial charge in [0.1, 0.15) is 11.6 Å². The number of ketones is 1. The first-order valence-corrected chi connectivity index (χ1v) is 5.13. The van der Waals surface area contributed by atoms with Crippen LogP contribution in [0.1, 0.15) is 17.3 Å². The summed E-state index contributed by atoms with van der Waals surface area (Å²) in [5.41, 5.74) is -0.436. The second-order valence-electron chi connectivity index (χ2n) is 3.02. The lowest BCUT2D eigenvalue weighted by Crippen LogP contribution is -2.18. The van der Waals surface area contributed by atoms with Gasteiger partial charge in [-0.25, -0.2) is 9.18 Å². The minimum Gasteiger partial charge on any atom is -0.495 e. The Hall–Kier alpha value is -1.62. The van der Waals surface area contributed by atoms with Crippen LogP contribution in [-0.4, -0.2) is 25.5 Å². The minimum absolute atomic E-state index is 0.0378. The molecule has 0 aliphatic heterocycles. The number of methoxy groups -OCH3 is 1. The highest BCUT2D eigenvalue weighted by Crippen LogP contribution is 2.27. The molecule has 0 heterocycles. The Morgan fingerprint density at radius 3 is 2.59 bits per heavy atom. The Morgan fingerprint density at radius 1 is 1.41 bits per heavy atom. The molecule has 0 atom stereocenters. The second-order valence-corrected chi connectivity index (χ2v) is 3.42. The van der Waals surface area contributed by atoms with Crippen molar-refractivity contribution in [2.45, 2.75) is 6.92 Å². The number of esters is 1. The highest BCUT2D eigenvalue weighted by molar-refractivity contribution is 6.41. The number of Topliss-reactive ketones (excluding diaryl/α,β-unsaturated/α-hetero) is 1. The molecule has 17 heavy (non-hydrogen) atoms. The fourth-order valence-corrected chi connectivity index (χ4v) is 1.41. The minimum atomic E-state index is -1.12. The molecule has 92 valence electrons. The molecule has 0 aliphatic rings. The van der Waals surface area contributed by atoms with Crippen LogP contribution < -0.4 is 4.74 Å². The van der Waals surface area contributed by atoms with E-state index in [1.54, 1.807) is 6.92 Å². The average Bonchev–Trinajstić information content (AvgIpc) is 2.31. The fourth-order valence-electron chi connectivity index (χ4n) is 1.17. The molecule has 0 unspecified atom stereocenters. The van der Waals surface area contributed by atoms with Crippen LogP contribution in [-0.2, 0) is 9.53 Å². The summed E-state index contributed by atoms with van der Waals surface area (Å²) in [4.78, 5) is 22.6. The van der Waals surface area contributed by atoms with Crippen LogP contribution in [0.15, 0.2) is 12.1 Å². The van der Waals surface area contributed by atoms with Crippen molar-refractivity contribution in [3.8, 4) is 5.75 Å². The molecular formula is C11H10ClFO4. The summed E-state index contributed by atoms with van der Waals surface area (Å²) >= 11 is 5.73. The van der Waals surface area contributed by atoms with Crippen molar-refractivity contribution in [1.82, 2.24) is 0 Å². The van der Waals surface area contributed by atoms with Gasteiger partial charge in [-0.1, -0.05) is 11.6 Å². The summed E-state index contributed by atoms with van der Waals surface area (Å²) < 4.78 is 22.8. The molecule has 0 aliphatic carbocycles. The molecule has 0 spiro atoms. The topological polar surface area (TPSA) is 52.6 Å². The molecule has 0 saturated carbocycles. The lowest BCUT2D eigenvalue weighted by molar-refractivity contribution is -0.137. The number of carbonyl (C=O) groups is 2. The van der Waals surface area contributed by atoms with Gasteiger partial charge in [0.15, 0.2) is 0 Å². The van der Waals surface area contributed by atoms with Gasteiger partial charge >= 0.3 is 5.97 Å². The Morgan fingerprint density at radius 2 is 2.06 bits per heavy atom. The molecule has 0 fully saturated rings. The second kappa shape index (κ2) is 5.63. The van der Waals surface area contributed by atoms with E-state index in [1.165, 1.54) is 7.11 Å². The molecule has 1 rings (SSSR count). The highest BCUT2D eigenvalue weighted by atomic mass is 35.5. The van der Waals surface area contributed by atoms with Crippen molar-refractivity contribution < 1.29 is 23.5 Å². The Labute approximate surface area is 102 Å². The molecule has 4 nitrogen and oxygen atoms in total. The smallest absolute Gasteiger partial charge is 0.379 e. The van der Waals surface area contributed by atoms with E-state index in [0.717, 1.165) is 12.1 Å². The number of carbonyl (C=O) groups excluding carboxylic acids is 2. The van der Waals surface area contributed by atoms with Crippen molar-refractivity contribution in [2.75, 3.05) is 13.7 Å². The number of halogens is 2. The third-order valence-electron chi connectivity index (χ3n) is 1.95. The summed E-state index contributed by atoms with van der Waals surface area (Å²) in [6, 6.07) is 1.98. The maximum absolute atomic E-state index is 13.5. The lowest BCUT2D eigenvalue weighted by Gasteiger charge is -2.06. The van der Waals surface area contributed by atoms with E-state index in [2.05, 4.69) is 4.74 Å². The van der Waals surface area contributed by atoms with Crippen molar-refractivity contribution in [3.63, 3.8) is 0 Å². The predicted octanol–water partition coefficient (Wildman–Crippen LogP) is 2.23. The van der Waals surface area contributed by atoms with E-state index in [0.29, 0.717) is 0 Å². The third kappa shape index (κ3) is 2.94. The number of hydrogen-bond acceptors (Lipinski definition) is 4. The molecule has 0 radical (unpaired) electrons. The predicted molar refractivity (Wildman–Crippen MR) is 58.9 cm³/mol. The number of rotatable bonds is 4. The summed E-state index contributed by atoms with van der Waals surface area (Å²) in [6.45, 7) is 1.58. The van der Waals surface area contributed by atoms with Crippen molar-refractivity contribution in [3.05, 3.63) is 28.5 Å². The summed E-state index contributed by atoms with van der Waals surface area (Å²) in [5, 5.41) is 0.0431. The molecule has 1 aromatic rings. The molecular weight excluding hydrogens is 251 g/mol. The van der Waals surface area contributed by atoms with Crippen LogP contribution in [0.25, 0.3) is 0 Å². The third-order valence-corrected chi connectivity index (χ3v) is 2.24. The van der Waals surface area contributed by atoms with Gasteiger partial charge in [-0.05, 0) is 13.0 Å². The average molecular weight is 261 g/mol. The monoisotopic (exact) mass is 260 g/mol. The van der Waals surface area contributed by atoms with Crippen molar-refractivity contribution in [1.29, 1.82) is 0 Å². The Kier molecular flexibility index (Phi) is 4.45.